The topological polar surface area (TPSA) is 46.2 Å². The van der Waals surface area contributed by atoms with Gasteiger partial charge in [-0.15, -0.1) is 0 Å². The Morgan fingerprint density at radius 3 is 2.62 bits per heavy atom. The molecule has 3 N–H and O–H groups in total. The molecule has 0 saturated heterocycles. The molecule has 1 aromatic rings. The van der Waals surface area contributed by atoms with Crippen LogP contribution in [0.25, 0.3) is 0 Å². The Kier molecular flexibility index (Phi) is 4.27. The second-order valence-electron chi connectivity index (χ2n) is 6.75. The van der Waals surface area contributed by atoms with E-state index in [0.29, 0.717) is 17.9 Å². The van der Waals surface area contributed by atoms with E-state index >= 15 is 0 Å². The lowest BCUT2D eigenvalue weighted by Gasteiger charge is -2.28. The van der Waals surface area contributed by atoms with Gasteiger partial charge >= 0.3 is 0 Å². The number of aliphatic hydroxyl groups is 1. The van der Waals surface area contributed by atoms with Crippen LogP contribution in [0.5, 0.6) is 0 Å². The van der Waals surface area contributed by atoms with Gasteiger partial charge in [0, 0.05) is 18.5 Å². The van der Waals surface area contributed by atoms with Crippen LogP contribution in [-0.2, 0) is 0 Å². The standard InChI is InChI=1S/C17H23F2NO/c18-13-3-4-14(16(19)8-13)15(9-20)17(21)7-12-6-10-1-2-11(12)5-10/h3-4,8,10-12,15,17,21H,1-2,5-7,9,20H2. The van der Waals surface area contributed by atoms with Crippen molar-refractivity contribution in [2.24, 2.45) is 23.5 Å². The molecule has 21 heavy (non-hydrogen) atoms. The fraction of sp³-hybridized carbons (Fsp3) is 0.647. The Hall–Kier alpha value is -1.00. The Morgan fingerprint density at radius 1 is 1.24 bits per heavy atom. The monoisotopic (exact) mass is 295 g/mol. The molecule has 5 atom stereocenters. The SMILES string of the molecule is NCC(c1ccc(F)cc1F)C(O)CC1CC2CCC1C2. The van der Waals surface area contributed by atoms with E-state index in [1.165, 1.54) is 37.8 Å². The highest BCUT2D eigenvalue weighted by atomic mass is 19.1. The van der Waals surface area contributed by atoms with Crippen LogP contribution in [0.3, 0.4) is 0 Å². The minimum atomic E-state index is -0.653. The summed E-state index contributed by atoms with van der Waals surface area (Å²) in [4.78, 5) is 0. The molecule has 0 radical (unpaired) electrons. The van der Waals surface area contributed by atoms with E-state index in [4.69, 9.17) is 5.73 Å². The molecule has 0 amide bonds. The molecule has 0 aromatic heterocycles. The molecule has 2 saturated carbocycles. The summed E-state index contributed by atoms with van der Waals surface area (Å²) in [7, 11) is 0. The third kappa shape index (κ3) is 2.97. The van der Waals surface area contributed by atoms with Gasteiger partial charge in [0.1, 0.15) is 11.6 Å². The number of halogens is 2. The lowest BCUT2D eigenvalue weighted by molar-refractivity contribution is 0.0998. The zero-order valence-corrected chi connectivity index (χ0v) is 12.1. The van der Waals surface area contributed by atoms with Gasteiger partial charge in [-0.05, 0) is 55.1 Å². The van der Waals surface area contributed by atoms with E-state index in [2.05, 4.69) is 0 Å². The van der Waals surface area contributed by atoms with Crippen LogP contribution >= 0.6 is 0 Å². The highest BCUT2D eigenvalue weighted by molar-refractivity contribution is 5.24. The average Bonchev–Trinajstić information content (AvgIpc) is 3.04. The summed E-state index contributed by atoms with van der Waals surface area (Å²) in [5.41, 5.74) is 6.07. The zero-order chi connectivity index (χ0) is 15.0. The van der Waals surface area contributed by atoms with Crippen LogP contribution in [0.4, 0.5) is 8.78 Å². The smallest absolute Gasteiger partial charge is 0.129 e. The van der Waals surface area contributed by atoms with Gasteiger partial charge in [-0.2, -0.15) is 0 Å². The predicted molar refractivity (Wildman–Crippen MR) is 77.7 cm³/mol. The van der Waals surface area contributed by atoms with E-state index in [-0.39, 0.29) is 6.54 Å². The second-order valence-corrected chi connectivity index (χ2v) is 6.75. The van der Waals surface area contributed by atoms with E-state index in [1.54, 1.807) is 0 Å². The fourth-order valence-corrected chi connectivity index (χ4v) is 4.43. The maximum atomic E-state index is 13.9. The third-order valence-electron chi connectivity index (χ3n) is 5.51. The van der Waals surface area contributed by atoms with Crippen molar-refractivity contribution in [3.63, 3.8) is 0 Å². The number of fused-ring (bicyclic) bond motifs is 2. The summed E-state index contributed by atoms with van der Waals surface area (Å²) in [6.07, 6.45) is 5.09. The number of nitrogens with two attached hydrogens (primary N) is 1. The Balaban J connectivity index is 1.70. The van der Waals surface area contributed by atoms with Crippen LogP contribution in [0, 0.1) is 29.4 Å². The molecule has 0 heterocycles. The normalized spacial score (nSPS) is 30.6. The predicted octanol–water partition coefficient (Wildman–Crippen LogP) is 3.19. The van der Waals surface area contributed by atoms with Gasteiger partial charge in [0.15, 0.2) is 0 Å². The lowest BCUT2D eigenvalue weighted by Crippen LogP contribution is -2.30. The van der Waals surface area contributed by atoms with Gasteiger partial charge in [0.2, 0.25) is 0 Å². The molecular formula is C17H23F2NO. The van der Waals surface area contributed by atoms with Crippen molar-refractivity contribution < 1.29 is 13.9 Å². The fourth-order valence-electron chi connectivity index (χ4n) is 4.43. The maximum absolute atomic E-state index is 13.9. The van der Waals surface area contributed by atoms with Crippen LogP contribution in [0.1, 0.15) is 43.6 Å². The van der Waals surface area contributed by atoms with Crippen molar-refractivity contribution in [2.75, 3.05) is 6.54 Å². The number of aliphatic hydroxyl groups excluding tert-OH is 1. The number of hydrogen-bond acceptors (Lipinski definition) is 2. The third-order valence-corrected chi connectivity index (χ3v) is 5.51. The molecule has 4 heteroatoms. The van der Waals surface area contributed by atoms with Crippen LogP contribution in [0.15, 0.2) is 18.2 Å². The molecule has 0 aliphatic heterocycles. The molecule has 2 aliphatic rings. The van der Waals surface area contributed by atoms with Crippen LogP contribution in [-0.4, -0.2) is 17.8 Å². The first-order valence-electron chi connectivity index (χ1n) is 7.91. The highest BCUT2D eigenvalue weighted by Crippen LogP contribution is 2.50. The minimum Gasteiger partial charge on any atom is -0.392 e. The molecule has 5 unspecified atom stereocenters. The van der Waals surface area contributed by atoms with Crippen LogP contribution in [0.2, 0.25) is 0 Å². The molecule has 0 spiro atoms. The van der Waals surface area contributed by atoms with Crippen molar-refractivity contribution in [3.05, 3.63) is 35.4 Å². The maximum Gasteiger partial charge on any atom is 0.129 e. The Bertz CT molecular complexity index is 508. The summed E-state index contributed by atoms with van der Waals surface area (Å²) >= 11 is 0. The minimum absolute atomic E-state index is 0.171. The summed E-state index contributed by atoms with van der Waals surface area (Å²) < 4.78 is 26.9. The van der Waals surface area contributed by atoms with Gasteiger partial charge in [0.25, 0.3) is 0 Å². The molecule has 2 aliphatic carbocycles. The number of hydrogen-bond donors (Lipinski definition) is 2. The van der Waals surface area contributed by atoms with Crippen LogP contribution < -0.4 is 5.73 Å². The molecular weight excluding hydrogens is 272 g/mol. The first-order chi connectivity index (χ1) is 10.1. The molecule has 1 aromatic carbocycles. The summed E-state index contributed by atoms with van der Waals surface area (Å²) in [6, 6.07) is 3.50. The summed E-state index contributed by atoms with van der Waals surface area (Å²) in [6.45, 7) is 0.171. The molecule has 3 rings (SSSR count). The lowest BCUT2D eigenvalue weighted by atomic mass is 9.80. The van der Waals surface area contributed by atoms with Crippen molar-refractivity contribution >= 4 is 0 Å². The van der Waals surface area contributed by atoms with Gasteiger partial charge in [-0.3, -0.25) is 0 Å². The average molecular weight is 295 g/mol. The summed E-state index contributed by atoms with van der Waals surface area (Å²) in [5.74, 6) is 0.417. The first kappa shape index (κ1) is 14.9. The van der Waals surface area contributed by atoms with Crippen molar-refractivity contribution in [3.8, 4) is 0 Å². The first-order valence-corrected chi connectivity index (χ1v) is 7.91. The van der Waals surface area contributed by atoms with E-state index < -0.39 is 23.7 Å². The number of rotatable bonds is 5. The Morgan fingerprint density at radius 2 is 2.05 bits per heavy atom. The van der Waals surface area contributed by atoms with Gasteiger partial charge < -0.3 is 10.8 Å². The highest BCUT2D eigenvalue weighted by Gasteiger charge is 2.41. The van der Waals surface area contributed by atoms with E-state index in [9.17, 15) is 13.9 Å². The molecule has 2 nitrogen and oxygen atoms in total. The number of benzene rings is 1. The van der Waals surface area contributed by atoms with Gasteiger partial charge in [0.05, 0.1) is 6.10 Å². The molecule has 2 fully saturated rings. The van der Waals surface area contributed by atoms with E-state index in [1.807, 2.05) is 0 Å². The largest absolute Gasteiger partial charge is 0.392 e. The van der Waals surface area contributed by atoms with Gasteiger partial charge in [-0.25, -0.2) is 8.78 Å². The van der Waals surface area contributed by atoms with Crippen molar-refractivity contribution in [1.29, 1.82) is 0 Å². The zero-order valence-electron chi connectivity index (χ0n) is 12.1. The summed E-state index contributed by atoms with van der Waals surface area (Å²) in [5, 5.41) is 10.5. The Labute approximate surface area is 124 Å². The van der Waals surface area contributed by atoms with E-state index in [0.717, 1.165) is 17.9 Å². The van der Waals surface area contributed by atoms with Gasteiger partial charge in [-0.1, -0.05) is 12.5 Å². The molecule has 2 bridgehead atoms. The van der Waals surface area contributed by atoms with Crippen molar-refractivity contribution in [2.45, 2.75) is 44.1 Å². The quantitative estimate of drug-likeness (QED) is 0.876. The van der Waals surface area contributed by atoms with Crippen molar-refractivity contribution in [1.82, 2.24) is 0 Å². The second kappa shape index (κ2) is 6.01. The molecule has 116 valence electrons.